The van der Waals surface area contributed by atoms with E-state index in [4.69, 9.17) is 0 Å². The Labute approximate surface area is 108 Å². The van der Waals surface area contributed by atoms with Crippen LogP contribution in [0.5, 0.6) is 0 Å². The van der Waals surface area contributed by atoms with Gasteiger partial charge >= 0.3 is 0 Å². The lowest BCUT2D eigenvalue weighted by atomic mass is 10.2. The molecule has 2 rings (SSSR count). The van der Waals surface area contributed by atoms with Crippen LogP contribution in [0.3, 0.4) is 0 Å². The third-order valence-corrected chi connectivity index (χ3v) is 3.25. The van der Waals surface area contributed by atoms with Crippen molar-refractivity contribution in [3.63, 3.8) is 0 Å². The fourth-order valence-corrected chi connectivity index (χ4v) is 2.11. The summed E-state index contributed by atoms with van der Waals surface area (Å²) in [7, 11) is 0. The Balaban J connectivity index is 1.88. The zero-order valence-electron chi connectivity index (χ0n) is 11.4. The number of hydrogen-bond acceptors (Lipinski definition) is 3. The van der Waals surface area contributed by atoms with Crippen LogP contribution in [0.15, 0.2) is 17.2 Å². The van der Waals surface area contributed by atoms with E-state index in [2.05, 4.69) is 24.1 Å². The first kappa shape index (κ1) is 13.1. The molecule has 0 atom stereocenters. The minimum Gasteiger partial charge on any atom is -0.365 e. The molecule has 0 aliphatic heterocycles. The number of nitrogens with zero attached hydrogens (tertiary/aromatic N) is 2. The zero-order chi connectivity index (χ0) is 13.0. The molecular formula is C14H23N3O. The van der Waals surface area contributed by atoms with Crippen molar-refractivity contribution in [2.45, 2.75) is 46.1 Å². The highest BCUT2D eigenvalue weighted by atomic mass is 16.1. The van der Waals surface area contributed by atoms with Crippen LogP contribution in [0.4, 0.5) is 5.82 Å². The van der Waals surface area contributed by atoms with Gasteiger partial charge in [-0.2, -0.15) is 0 Å². The summed E-state index contributed by atoms with van der Waals surface area (Å²) in [6.45, 7) is 5.81. The lowest BCUT2D eigenvalue weighted by molar-refractivity contribution is 0.509. The summed E-state index contributed by atoms with van der Waals surface area (Å²) >= 11 is 0. The molecule has 100 valence electrons. The monoisotopic (exact) mass is 249 g/mol. The van der Waals surface area contributed by atoms with Crippen LogP contribution in [0.25, 0.3) is 0 Å². The molecule has 4 nitrogen and oxygen atoms in total. The van der Waals surface area contributed by atoms with Crippen LogP contribution in [0, 0.1) is 11.8 Å². The molecule has 1 heterocycles. The SMILES string of the molecule is CC(C)Cn1ccnc(NCCCC2CC2)c1=O. The first-order valence-electron chi connectivity index (χ1n) is 6.96. The smallest absolute Gasteiger partial charge is 0.293 e. The lowest BCUT2D eigenvalue weighted by Gasteiger charge is -2.10. The van der Waals surface area contributed by atoms with Crippen molar-refractivity contribution in [1.29, 1.82) is 0 Å². The second-order valence-corrected chi connectivity index (χ2v) is 5.64. The number of nitrogens with one attached hydrogen (secondary N) is 1. The summed E-state index contributed by atoms with van der Waals surface area (Å²) in [5.74, 6) is 1.91. The third kappa shape index (κ3) is 3.86. The molecule has 0 spiro atoms. The van der Waals surface area contributed by atoms with E-state index in [1.54, 1.807) is 17.0 Å². The second kappa shape index (κ2) is 6.03. The average molecular weight is 249 g/mol. The first-order valence-corrected chi connectivity index (χ1v) is 6.96. The van der Waals surface area contributed by atoms with Crippen LogP contribution < -0.4 is 10.9 Å². The highest BCUT2D eigenvalue weighted by molar-refractivity contribution is 5.30. The molecule has 1 N–H and O–H groups in total. The van der Waals surface area contributed by atoms with Crippen molar-refractivity contribution in [2.75, 3.05) is 11.9 Å². The van der Waals surface area contributed by atoms with Gasteiger partial charge in [0.2, 0.25) is 0 Å². The maximum atomic E-state index is 12.1. The first-order chi connectivity index (χ1) is 8.66. The molecule has 1 aromatic heterocycles. The minimum absolute atomic E-state index is 0.00220. The quantitative estimate of drug-likeness (QED) is 0.755. The number of aromatic nitrogens is 2. The van der Waals surface area contributed by atoms with E-state index in [0.29, 0.717) is 11.7 Å². The van der Waals surface area contributed by atoms with Gasteiger partial charge in [-0.25, -0.2) is 4.98 Å². The van der Waals surface area contributed by atoms with E-state index in [0.717, 1.165) is 25.4 Å². The van der Waals surface area contributed by atoms with Crippen molar-refractivity contribution in [2.24, 2.45) is 11.8 Å². The topological polar surface area (TPSA) is 46.9 Å². The lowest BCUT2D eigenvalue weighted by Crippen LogP contribution is -2.26. The van der Waals surface area contributed by atoms with Crippen molar-refractivity contribution >= 4 is 5.82 Å². The van der Waals surface area contributed by atoms with E-state index in [9.17, 15) is 4.79 Å². The summed E-state index contributed by atoms with van der Waals surface area (Å²) in [4.78, 5) is 16.2. The molecule has 18 heavy (non-hydrogen) atoms. The van der Waals surface area contributed by atoms with Gasteiger partial charge in [0, 0.05) is 25.5 Å². The summed E-state index contributed by atoms with van der Waals surface area (Å²) in [5.41, 5.74) is -0.00220. The Hall–Kier alpha value is -1.32. The molecule has 0 aromatic carbocycles. The van der Waals surface area contributed by atoms with Gasteiger partial charge in [0.25, 0.3) is 5.56 Å². The Bertz CT molecular complexity index is 435. The molecule has 1 aliphatic carbocycles. The van der Waals surface area contributed by atoms with E-state index in [1.165, 1.54) is 19.3 Å². The van der Waals surface area contributed by atoms with Crippen molar-refractivity contribution in [3.8, 4) is 0 Å². The summed E-state index contributed by atoms with van der Waals surface area (Å²) < 4.78 is 1.74. The second-order valence-electron chi connectivity index (χ2n) is 5.64. The molecule has 4 heteroatoms. The molecule has 1 aromatic rings. The standard InChI is InChI=1S/C14H23N3O/c1-11(2)10-17-9-8-16-13(14(17)18)15-7-3-4-12-5-6-12/h8-9,11-12H,3-7,10H2,1-2H3,(H,15,16). The van der Waals surface area contributed by atoms with Crippen LogP contribution >= 0.6 is 0 Å². The summed E-state index contributed by atoms with van der Waals surface area (Å²) in [6, 6.07) is 0. The minimum atomic E-state index is -0.00220. The molecule has 0 unspecified atom stereocenters. The fraction of sp³-hybridized carbons (Fsp3) is 0.714. The highest BCUT2D eigenvalue weighted by Gasteiger charge is 2.20. The highest BCUT2D eigenvalue weighted by Crippen LogP contribution is 2.33. The van der Waals surface area contributed by atoms with E-state index >= 15 is 0 Å². The van der Waals surface area contributed by atoms with Gasteiger partial charge in [0.1, 0.15) is 0 Å². The Kier molecular flexibility index (Phi) is 4.39. The number of rotatable bonds is 7. The van der Waals surface area contributed by atoms with E-state index in [-0.39, 0.29) is 5.56 Å². The molecule has 0 amide bonds. The Morgan fingerprint density at radius 2 is 2.28 bits per heavy atom. The zero-order valence-corrected chi connectivity index (χ0v) is 11.4. The average Bonchev–Trinajstić information content (AvgIpc) is 3.12. The number of hydrogen-bond donors (Lipinski definition) is 1. The maximum Gasteiger partial charge on any atom is 0.293 e. The van der Waals surface area contributed by atoms with Gasteiger partial charge in [-0.05, 0) is 24.7 Å². The molecule has 1 fully saturated rings. The van der Waals surface area contributed by atoms with Crippen LogP contribution in [0.2, 0.25) is 0 Å². The van der Waals surface area contributed by atoms with Gasteiger partial charge in [0.15, 0.2) is 5.82 Å². The van der Waals surface area contributed by atoms with Crippen molar-refractivity contribution < 1.29 is 0 Å². The third-order valence-electron chi connectivity index (χ3n) is 3.25. The predicted octanol–water partition coefficient (Wildman–Crippen LogP) is 2.50. The number of anilines is 1. The molecule has 0 radical (unpaired) electrons. The largest absolute Gasteiger partial charge is 0.365 e. The van der Waals surface area contributed by atoms with Gasteiger partial charge < -0.3 is 9.88 Å². The van der Waals surface area contributed by atoms with Gasteiger partial charge in [-0.15, -0.1) is 0 Å². The maximum absolute atomic E-state index is 12.1. The van der Waals surface area contributed by atoms with Gasteiger partial charge in [0.05, 0.1) is 0 Å². The van der Waals surface area contributed by atoms with Crippen molar-refractivity contribution in [3.05, 3.63) is 22.7 Å². The molecule has 0 bridgehead atoms. The molecule has 1 saturated carbocycles. The molecule has 1 aliphatic rings. The predicted molar refractivity (Wildman–Crippen MR) is 73.8 cm³/mol. The van der Waals surface area contributed by atoms with E-state index in [1.807, 2.05) is 0 Å². The van der Waals surface area contributed by atoms with E-state index < -0.39 is 0 Å². The van der Waals surface area contributed by atoms with Gasteiger partial charge in [-0.3, -0.25) is 4.79 Å². The summed E-state index contributed by atoms with van der Waals surface area (Å²) in [6.07, 6.45) is 8.66. The summed E-state index contributed by atoms with van der Waals surface area (Å²) in [5, 5.41) is 3.17. The Morgan fingerprint density at radius 3 is 2.94 bits per heavy atom. The normalized spacial score (nSPS) is 15.1. The van der Waals surface area contributed by atoms with Crippen molar-refractivity contribution in [1.82, 2.24) is 9.55 Å². The van der Waals surface area contributed by atoms with Crippen LogP contribution in [-0.2, 0) is 6.54 Å². The van der Waals surface area contributed by atoms with Crippen LogP contribution in [0.1, 0.15) is 39.5 Å². The van der Waals surface area contributed by atoms with Crippen LogP contribution in [-0.4, -0.2) is 16.1 Å². The molecule has 0 saturated heterocycles. The fourth-order valence-electron chi connectivity index (χ4n) is 2.11. The Morgan fingerprint density at radius 1 is 1.50 bits per heavy atom. The van der Waals surface area contributed by atoms with Gasteiger partial charge in [-0.1, -0.05) is 26.7 Å². The molecular weight excluding hydrogens is 226 g/mol.